The van der Waals surface area contributed by atoms with E-state index in [0.29, 0.717) is 0 Å². The van der Waals surface area contributed by atoms with E-state index in [-0.39, 0.29) is 0 Å². The highest BCUT2D eigenvalue weighted by Crippen LogP contribution is 2.47. The van der Waals surface area contributed by atoms with Crippen LogP contribution in [-0.2, 0) is 0 Å². The second-order valence-corrected chi connectivity index (χ2v) is 11.8. The molecule has 196 valence electrons. The number of furan rings is 1. The van der Waals surface area contributed by atoms with Gasteiger partial charge in [-0.3, -0.25) is 0 Å². The standard InChI is InChI=1S/C40H24OS/c1-2-12-25(13-3-1)36-29-16-4-6-18-31(29)37(32-19-7-5-17-30(32)36)27-15-10-14-26(24-27)28-21-11-22-34-38-33-20-8-9-23-35(33)41-40(38)42-39(28)34/h1-24H. The Morgan fingerprint density at radius 2 is 0.929 bits per heavy atom. The summed E-state index contributed by atoms with van der Waals surface area (Å²) in [6.07, 6.45) is 0. The lowest BCUT2D eigenvalue weighted by Crippen LogP contribution is -1.91. The molecule has 0 radical (unpaired) electrons. The molecular weight excluding hydrogens is 529 g/mol. The second-order valence-electron chi connectivity index (χ2n) is 10.8. The van der Waals surface area contributed by atoms with Crippen LogP contribution in [0.25, 0.3) is 86.3 Å². The average Bonchev–Trinajstić information content (AvgIpc) is 3.60. The Balaban J connectivity index is 1.31. The molecule has 0 saturated carbocycles. The summed E-state index contributed by atoms with van der Waals surface area (Å²) < 4.78 is 7.55. The molecule has 0 N–H and O–H groups in total. The van der Waals surface area contributed by atoms with Gasteiger partial charge in [-0.2, -0.15) is 0 Å². The molecule has 2 heteroatoms. The van der Waals surface area contributed by atoms with Gasteiger partial charge in [0.25, 0.3) is 0 Å². The summed E-state index contributed by atoms with van der Waals surface area (Å²) in [5.74, 6) is 0. The largest absolute Gasteiger partial charge is 0.445 e. The van der Waals surface area contributed by atoms with Crippen molar-refractivity contribution in [1.82, 2.24) is 0 Å². The lowest BCUT2D eigenvalue weighted by molar-refractivity contribution is 0.678. The van der Waals surface area contributed by atoms with Crippen LogP contribution in [0.2, 0.25) is 0 Å². The van der Waals surface area contributed by atoms with Crippen molar-refractivity contribution in [1.29, 1.82) is 0 Å². The van der Waals surface area contributed by atoms with Crippen LogP contribution < -0.4 is 0 Å². The van der Waals surface area contributed by atoms with Gasteiger partial charge in [0.2, 0.25) is 0 Å². The molecule has 2 heterocycles. The minimum absolute atomic E-state index is 0.950. The van der Waals surface area contributed by atoms with Gasteiger partial charge >= 0.3 is 0 Å². The first-order valence-corrected chi connectivity index (χ1v) is 15.1. The van der Waals surface area contributed by atoms with Gasteiger partial charge in [0.05, 0.1) is 0 Å². The molecule has 9 rings (SSSR count). The van der Waals surface area contributed by atoms with Gasteiger partial charge in [-0.15, -0.1) is 0 Å². The van der Waals surface area contributed by atoms with E-state index in [4.69, 9.17) is 4.42 Å². The van der Waals surface area contributed by atoms with E-state index in [9.17, 15) is 0 Å². The molecule has 1 nitrogen and oxygen atoms in total. The molecule has 0 atom stereocenters. The van der Waals surface area contributed by atoms with E-state index in [1.54, 1.807) is 11.3 Å². The summed E-state index contributed by atoms with van der Waals surface area (Å²) in [6, 6.07) is 52.5. The van der Waals surface area contributed by atoms with Crippen molar-refractivity contribution in [3.05, 3.63) is 146 Å². The van der Waals surface area contributed by atoms with Gasteiger partial charge in [0, 0.05) is 20.9 Å². The lowest BCUT2D eigenvalue weighted by atomic mass is 9.85. The zero-order chi connectivity index (χ0) is 27.6. The molecule has 0 bridgehead atoms. The van der Waals surface area contributed by atoms with E-state index in [1.807, 2.05) is 6.07 Å². The maximum absolute atomic E-state index is 6.28. The van der Waals surface area contributed by atoms with Crippen LogP contribution >= 0.6 is 11.3 Å². The minimum atomic E-state index is 0.950. The maximum atomic E-state index is 6.28. The molecule has 0 amide bonds. The van der Waals surface area contributed by atoms with Gasteiger partial charge in [0.15, 0.2) is 4.90 Å². The summed E-state index contributed by atoms with van der Waals surface area (Å²) in [4.78, 5) is 0.989. The molecule has 0 aliphatic carbocycles. The molecule has 0 aliphatic heterocycles. The first-order valence-electron chi connectivity index (χ1n) is 14.3. The van der Waals surface area contributed by atoms with Crippen molar-refractivity contribution in [2.24, 2.45) is 0 Å². The van der Waals surface area contributed by atoms with E-state index in [1.165, 1.54) is 75.8 Å². The van der Waals surface area contributed by atoms with Gasteiger partial charge in [-0.25, -0.2) is 0 Å². The van der Waals surface area contributed by atoms with Crippen molar-refractivity contribution in [2.75, 3.05) is 0 Å². The Hall–Kier alpha value is -5.18. The number of hydrogen-bond donors (Lipinski definition) is 0. The van der Waals surface area contributed by atoms with Crippen LogP contribution in [-0.4, -0.2) is 0 Å². The molecule has 7 aromatic carbocycles. The van der Waals surface area contributed by atoms with E-state index < -0.39 is 0 Å². The molecule has 0 aliphatic rings. The number of rotatable bonds is 3. The number of para-hydroxylation sites is 1. The fraction of sp³-hybridized carbons (Fsp3) is 0. The van der Waals surface area contributed by atoms with Crippen LogP contribution in [0.1, 0.15) is 0 Å². The van der Waals surface area contributed by atoms with Crippen LogP contribution in [0.3, 0.4) is 0 Å². The fourth-order valence-corrected chi connectivity index (χ4v) is 7.93. The van der Waals surface area contributed by atoms with Gasteiger partial charge in [0.1, 0.15) is 5.58 Å². The number of benzene rings is 7. The predicted molar refractivity (Wildman–Crippen MR) is 180 cm³/mol. The molecular formula is C40H24OS. The number of fused-ring (bicyclic) bond motifs is 7. The Kier molecular flexibility index (Phi) is 5.13. The molecule has 0 spiro atoms. The molecule has 42 heavy (non-hydrogen) atoms. The maximum Gasteiger partial charge on any atom is 0.190 e. The van der Waals surface area contributed by atoms with Crippen LogP contribution in [0.15, 0.2) is 150 Å². The first kappa shape index (κ1) is 23.5. The Bertz CT molecular complexity index is 2400. The van der Waals surface area contributed by atoms with E-state index >= 15 is 0 Å². The van der Waals surface area contributed by atoms with Crippen molar-refractivity contribution in [2.45, 2.75) is 0 Å². The topological polar surface area (TPSA) is 13.1 Å². The molecule has 0 unspecified atom stereocenters. The summed E-state index contributed by atoms with van der Waals surface area (Å²) >= 11 is 1.75. The summed E-state index contributed by atoms with van der Waals surface area (Å²) in [5, 5.41) is 8.74. The molecule has 0 fully saturated rings. The van der Waals surface area contributed by atoms with Gasteiger partial charge in [-0.05, 0) is 67.1 Å². The molecule has 0 saturated heterocycles. The summed E-state index contributed by atoms with van der Waals surface area (Å²) in [7, 11) is 0. The highest BCUT2D eigenvalue weighted by Gasteiger charge is 2.19. The zero-order valence-corrected chi connectivity index (χ0v) is 23.5. The molecule has 9 aromatic rings. The SMILES string of the molecule is c1ccc(-c2c3ccccc3c(-c3cccc(-c4cccc5c4sc4oc6ccccc6c45)c3)c3ccccc23)cc1. The van der Waals surface area contributed by atoms with Crippen LogP contribution in [0.5, 0.6) is 0 Å². The Morgan fingerprint density at radius 1 is 0.405 bits per heavy atom. The van der Waals surface area contributed by atoms with Crippen molar-refractivity contribution in [3.63, 3.8) is 0 Å². The third-order valence-electron chi connectivity index (χ3n) is 8.50. The van der Waals surface area contributed by atoms with Crippen molar-refractivity contribution < 1.29 is 4.42 Å². The summed E-state index contributed by atoms with van der Waals surface area (Å²) in [5.41, 5.74) is 8.44. The van der Waals surface area contributed by atoms with E-state index in [2.05, 4.69) is 140 Å². The fourth-order valence-electron chi connectivity index (χ4n) is 6.71. The zero-order valence-electron chi connectivity index (χ0n) is 22.7. The smallest absolute Gasteiger partial charge is 0.190 e. The van der Waals surface area contributed by atoms with Gasteiger partial charge < -0.3 is 4.42 Å². The second kappa shape index (κ2) is 9.17. The monoisotopic (exact) mass is 552 g/mol. The number of thiophene rings is 1. The van der Waals surface area contributed by atoms with Gasteiger partial charge in [-0.1, -0.05) is 145 Å². The Morgan fingerprint density at radius 3 is 1.64 bits per heavy atom. The average molecular weight is 553 g/mol. The van der Waals surface area contributed by atoms with Crippen LogP contribution in [0.4, 0.5) is 0 Å². The number of hydrogen-bond acceptors (Lipinski definition) is 2. The lowest BCUT2D eigenvalue weighted by Gasteiger charge is -2.18. The highest BCUT2D eigenvalue weighted by atomic mass is 32.1. The van der Waals surface area contributed by atoms with Crippen molar-refractivity contribution in [3.8, 4) is 33.4 Å². The quantitative estimate of drug-likeness (QED) is 0.199. The highest BCUT2D eigenvalue weighted by molar-refractivity contribution is 7.26. The first-order chi connectivity index (χ1) is 20.8. The third-order valence-corrected chi connectivity index (χ3v) is 9.62. The molecule has 2 aromatic heterocycles. The van der Waals surface area contributed by atoms with E-state index in [0.717, 1.165) is 10.5 Å². The van der Waals surface area contributed by atoms with Crippen molar-refractivity contribution >= 4 is 64.2 Å². The minimum Gasteiger partial charge on any atom is -0.445 e. The third kappa shape index (κ3) is 3.43. The summed E-state index contributed by atoms with van der Waals surface area (Å²) in [6.45, 7) is 0. The van der Waals surface area contributed by atoms with Crippen LogP contribution in [0, 0.1) is 0 Å². The Labute approximate surface area is 246 Å². The predicted octanol–water partition coefficient (Wildman–Crippen LogP) is 12.1. The normalized spacial score (nSPS) is 11.8.